The van der Waals surface area contributed by atoms with Crippen LogP contribution in [0.3, 0.4) is 0 Å². The average Bonchev–Trinajstić information content (AvgIpc) is 2.34. The standard InChI is InChI=1S/C10H8F5NO3/c1-18-7-5(10(13,14)15)4(9(17)19-2)3-16-6(7)8(11)12/h3,8H,1-2H3. The van der Waals surface area contributed by atoms with Crippen LogP contribution in [0.25, 0.3) is 0 Å². The van der Waals surface area contributed by atoms with Gasteiger partial charge >= 0.3 is 12.1 Å². The van der Waals surface area contributed by atoms with Crippen molar-refractivity contribution in [1.82, 2.24) is 4.98 Å². The third kappa shape index (κ3) is 2.91. The normalized spacial score (nSPS) is 11.6. The molecule has 106 valence electrons. The number of rotatable bonds is 3. The van der Waals surface area contributed by atoms with Crippen LogP contribution in [0.15, 0.2) is 6.20 Å². The quantitative estimate of drug-likeness (QED) is 0.633. The molecule has 0 aromatic carbocycles. The molecule has 0 atom stereocenters. The second-order valence-corrected chi connectivity index (χ2v) is 3.26. The molecule has 0 aliphatic heterocycles. The Labute approximate surface area is 104 Å². The SMILES string of the molecule is COC(=O)c1cnc(C(F)F)c(OC)c1C(F)(F)F. The van der Waals surface area contributed by atoms with E-state index in [0.29, 0.717) is 6.20 Å². The summed E-state index contributed by atoms with van der Waals surface area (Å²) in [6.07, 6.45) is -7.96. The van der Waals surface area contributed by atoms with Gasteiger partial charge in [0.2, 0.25) is 0 Å². The summed E-state index contributed by atoms with van der Waals surface area (Å²) in [5.74, 6) is -2.54. The fourth-order valence-corrected chi connectivity index (χ4v) is 1.42. The molecule has 0 radical (unpaired) electrons. The Hall–Kier alpha value is -1.93. The predicted octanol–water partition coefficient (Wildman–Crippen LogP) is 2.83. The molecule has 0 spiro atoms. The lowest BCUT2D eigenvalue weighted by Crippen LogP contribution is -2.18. The number of methoxy groups -OCH3 is 2. The monoisotopic (exact) mass is 285 g/mol. The lowest BCUT2D eigenvalue weighted by molar-refractivity contribution is -0.139. The lowest BCUT2D eigenvalue weighted by Gasteiger charge is -2.17. The summed E-state index contributed by atoms with van der Waals surface area (Å²) < 4.78 is 72.2. The number of nitrogens with zero attached hydrogens (tertiary/aromatic N) is 1. The van der Waals surface area contributed by atoms with Gasteiger partial charge in [-0.2, -0.15) is 13.2 Å². The Balaban J connectivity index is 3.66. The number of alkyl halides is 5. The molecule has 0 unspecified atom stereocenters. The number of carbonyl (C=O) groups excluding carboxylic acids is 1. The molecule has 1 heterocycles. The van der Waals surface area contributed by atoms with Crippen LogP contribution < -0.4 is 4.74 Å². The fraction of sp³-hybridized carbons (Fsp3) is 0.400. The van der Waals surface area contributed by atoms with E-state index in [-0.39, 0.29) is 0 Å². The van der Waals surface area contributed by atoms with Crippen molar-refractivity contribution in [2.75, 3.05) is 14.2 Å². The number of hydrogen-bond donors (Lipinski definition) is 0. The van der Waals surface area contributed by atoms with Crippen molar-refractivity contribution < 1.29 is 36.2 Å². The lowest BCUT2D eigenvalue weighted by atomic mass is 10.1. The van der Waals surface area contributed by atoms with E-state index < -0.39 is 41.1 Å². The zero-order chi connectivity index (χ0) is 14.8. The van der Waals surface area contributed by atoms with Crippen molar-refractivity contribution in [1.29, 1.82) is 0 Å². The summed E-state index contributed by atoms with van der Waals surface area (Å²) in [4.78, 5) is 14.3. The molecule has 0 saturated carbocycles. The minimum atomic E-state index is -5.07. The molecule has 4 nitrogen and oxygen atoms in total. The van der Waals surface area contributed by atoms with E-state index in [4.69, 9.17) is 0 Å². The maximum absolute atomic E-state index is 12.9. The van der Waals surface area contributed by atoms with Crippen LogP contribution in [-0.2, 0) is 10.9 Å². The van der Waals surface area contributed by atoms with Crippen LogP contribution in [0.4, 0.5) is 22.0 Å². The van der Waals surface area contributed by atoms with Crippen molar-refractivity contribution in [3.63, 3.8) is 0 Å². The highest BCUT2D eigenvalue weighted by molar-refractivity contribution is 5.91. The van der Waals surface area contributed by atoms with Crippen LogP contribution in [0.1, 0.15) is 28.0 Å². The molecule has 0 aliphatic carbocycles. The smallest absolute Gasteiger partial charge is 0.420 e. The number of pyridine rings is 1. The second kappa shape index (κ2) is 5.37. The molecule has 19 heavy (non-hydrogen) atoms. The van der Waals surface area contributed by atoms with E-state index in [1.54, 1.807) is 0 Å². The van der Waals surface area contributed by atoms with E-state index in [9.17, 15) is 26.7 Å². The summed E-state index contributed by atoms with van der Waals surface area (Å²) in [6, 6.07) is 0. The molecule has 0 aliphatic rings. The highest BCUT2D eigenvalue weighted by Crippen LogP contribution is 2.42. The molecular weight excluding hydrogens is 277 g/mol. The summed E-state index contributed by atoms with van der Waals surface area (Å²) in [5, 5.41) is 0. The van der Waals surface area contributed by atoms with Gasteiger partial charge in [-0.15, -0.1) is 0 Å². The van der Waals surface area contributed by atoms with Gasteiger partial charge in [0.1, 0.15) is 11.3 Å². The Morgan fingerprint density at radius 1 is 1.32 bits per heavy atom. The van der Waals surface area contributed by atoms with Crippen LogP contribution in [0.2, 0.25) is 0 Å². The molecule has 0 N–H and O–H groups in total. The van der Waals surface area contributed by atoms with Gasteiger partial charge < -0.3 is 9.47 Å². The van der Waals surface area contributed by atoms with Crippen LogP contribution >= 0.6 is 0 Å². The van der Waals surface area contributed by atoms with E-state index in [1.807, 2.05) is 0 Å². The average molecular weight is 285 g/mol. The van der Waals surface area contributed by atoms with Crippen LogP contribution in [0, 0.1) is 0 Å². The van der Waals surface area contributed by atoms with Crippen molar-refractivity contribution in [3.8, 4) is 5.75 Å². The maximum atomic E-state index is 12.9. The van der Waals surface area contributed by atoms with E-state index in [0.717, 1.165) is 14.2 Å². The summed E-state index contributed by atoms with van der Waals surface area (Å²) in [6.45, 7) is 0. The van der Waals surface area contributed by atoms with E-state index >= 15 is 0 Å². The van der Waals surface area contributed by atoms with Gasteiger partial charge in [0.15, 0.2) is 5.75 Å². The highest BCUT2D eigenvalue weighted by atomic mass is 19.4. The summed E-state index contributed by atoms with van der Waals surface area (Å²) in [7, 11) is 1.63. The van der Waals surface area contributed by atoms with Gasteiger partial charge in [-0.1, -0.05) is 0 Å². The van der Waals surface area contributed by atoms with Gasteiger partial charge in [-0.3, -0.25) is 4.98 Å². The van der Waals surface area contributed by atoms with Gasteiger partial charge in [0, 0.05) is 6.20 Å². The van der Waals surface area contributed by atoms with Gasteiger partial charge in [0.25, 0.3) is 6.43 Å². The summed E-state index contributed by atoms with van der Waals surface area (Å²) >= 11 is 0. The highest BCUT2D eigenvalue weighted by Gasteiger charge is 2.42. The molecule has 0 amide bonds. The zero-order valence-corrected chi connectivity index (χ0v) is 9.72. The van der Waals surface area contributed by atoms with Crippen molar-refractivity contribution in [2.45, 2.75) is 12.6 Å². The fourth-order valence-electron chi connectivity index (χ4n) is 1.42. The first-order chi connectivity index (χ1) is 8.73. The van der Waals surface area contributed by atoms with Crippen molar-refractivity contribution in [2.24, 2.45) is 0 Å². The van der Waals surface area contributed by atoms with Gasteiger partial charge in [0.05, 0.1) is 19.8 Å². The Kier molecular flexibility index (Phi) is 4.28. The van der Waals surface area contributed by atoms with Gasteiger partial charge in [-0.05, 0) is 0 Å². The number of halogens is 5. The Bertz CT molecular complexity index is 487. The Morgan fingerprint density at radius 2 is 1.89 bits per heavy atom. The van der Waals surface area contributed by atoms with E-state index in [1.165, 1.54) is 0 Å². The third-order valence-corrected chi connectivity index (χ3v) is 2.16. The van der Waals surface area contributed by atoms with Crippen LogP contribution in [0.5, 0.6) is 5.75 Å². The first-order valence-corrected chi connectivity index (χ1v) is 4.74. The number of carbonyl (C=O) groups is 1. The molecule has 0 bridgehead atoms. The molecule has 1 aromatic rings. The first kappa shape index (κ1) is 15.1. The largest absolute Gasteiger partial charge is 0.494 e. The number of ether oxygens (including phenoxy) is 2. The minimum Gasteiger partial charge on any atom is -0.494 e. The summed E-state index contributed by atoms with van der Waals surface area (Å²) in [5.41, 5.74) is -3.81. The second-order valence-electron chi connectivity index (χ2n) is 3.26. The molecule has 9 heteroatoms. The first-order valence-electron chi connectivity index (χ1n) is 4.74. The Morgan fingerprint density at radius 3 is 2.26 bits per heavy atom. The van der Waals surface area contributed by atoms with Crippen LogP contribution in [-0.4, -0.2) is 25.2 Å². The van der Waals surface area contributed by atoms with Gasteiger partial charge in [-0.25, -0.2) is 13.6 Å². The molecule has 0 saturated heterocycles. The predicted molar refractivity (Wildman–Crippen MR) is 52.1 cm³/mol. The molecular formula is C10H8F5NO3. The molecule has 1 rings (SSSR count). The number of aromatic nitrogens is 1. The van der Waals surface area contributed by atoms with Crippen molar-refractivity contribution in [3.05, 3.63) is 23.0 Å². The van der Waals surface area contributed by atoms with E-state index in [2.05, 4.69) is 14.5 Å². The minimum absolute atomic E-state index is 0.388. The van der Waals surface area contributed by atoms with Crippen molar-refractivity contribution >= 4 is 5.97 Å². The number of esters is 1. The molecule has 0 fully saturated rings. The molecule has 1 aromatic heterocycles. The zero-order valence-electron chi connectivity index (χ0n) is 9.72. The third-order valence-electron chi connectivity index (χ3n) is 2.16. The topological polar surface area (TPSA) is 48.4 Å². The maximum Gasteiger partial charge on any atom is 0.420 e. The number of hydrogen-bond acceptors (Lipinski definition) is 4.